The van der Waals surface area contributed by atoms with Crippen molar-refractivity contribution in [1.82, 2.24) is 4.98 Å². The molecule has 0 saturated heterocycles. The summed E-state index contributed by atoms with van der Waals surface area (Å²) in [5.74, 6) is -0.162. The van der Waals surface area contributed by atoms with E-state index in [9.17, 15) is 4.79 Å². The molecule has 2 rings (SSSR count). The molecule has 0 aliphatic rings. The van der Waals surface area contributed by atoms with Crippen LogP contribution in [0.2, 0.25) is 0 Å². The molecular weight excluding hydrogens is 250 g/mol. The van der Waals surface area contributed by atoms with Crippen LogP contribution in [-0.2, 0) is 6.42 Å². The molecule has 1 heterocycles. The van der Waals surface area contributed by atoms with Gasteiger partial charge in [-0.05, 0) is 24.6 Å². The number of methoxy groups -OCH3 is 1. The van der Waals surface area contributed by atoms with Crippen LogP contribution in [0.25, 0.3) is 0 Å². The molecule has 18 heavy (non-hydrogen) atoms. The highest BCUT2D eigenvalue weighted by atomic mass is 32.1. The molecule has 2 aromatic rings. The predicted molar refractivity (Wildman–Crippen MR) is 69.6 cm³/mol. The van der Waals surface area contributed by atoms with Crippen LogP contribution in [0.1, 0.15) is 25.9 Å². The number of thiazole rings is 1. The van der Waals surface area contributed by atoms with E-state index in [0.29, 0.717) is 6.42 Å². The lowest BCUT2D eigenvalue weighted by Crippen LogP contribution is -1.99. The van der Waals surface area contributed by atoms with Gasteiger partial charge in [-0.2, -0.15) is 0 Å². The van der Waals surface area contributed by atoms with E-state index in [1.165, 1.54) is 11.3 Å². The zero-order chi connectivity index (χ0) is 13.1. The molecule has 1 aromatic carbocycles. The van der Waals surface area contributed by atoms with Crippen molar-refractivity contribution < 1.29 is 14.6 Å². The number of aromatic nitrogens is 1. The maximum atomic E-state index is 10.9. The Hall–Kier alpha value is -1.88. The third kappa shape index (κ3) is 2.68. The van der Waals surface area contributed by atoms with E-state index >= 15 is 0 Å². The average Bonchev–Trinajstić information content (AvgIpc) is 2.71. The van der Waals surface area contributed by atoms with Crippen LogP contribution >= 0.6 is 11.3 Å². The molecule has 0 saturated carbocycles. The maximum absolute atomic E-state index is 10.9. The first kappa shape index (κ1) is 12.6. The van der Waals surface area contributed by atoms with E-state index in [1.54, 1.807) is 14.0 Å². The van der Waals surface area contributed by atoms with Gasteiger partial charge in [0.2, 0.25) is 0 Å². The van der Waals surface area contributed by atoms with Gasteiger partial charge in [0.25, 0.3) is 0 Å². The van der Waals surface area contributed by atoms with Gasteiger partial charge in [-0.15, -0.1) is 11.3 Å². The Morgan fingerprint density at radius 3 is 2.56 bits per heavy atom. The van der Waals surface area contributed by atoms with Gasteiger partial charge >= 0.3 is 5.97 Å². The van der Waals surface area contributed by atoms with Gasteiger partial charge in [0, 0.05) is 11.3 Å². The fourth-order valence-electron chi connectivity index (χ4n) is 1.64. The minimum absolute atomic E-state index is 0.156. The Labute approximate surface area is 109 Å². The fraction of sp³-hybridized carbons (Fsp3) is 0.231. The second-order valence-corrected chi connectivity index (χ2v) is 5.13. The van der Waals surface area contributed by atoms with Crippen molar-refractivity contribution in [2.45, 2.75) is 13.3 Å². The topological polar surface area (TPSA) is 59.4 Å². The fourth-order valence-corrected chi connectivity index (χ4v) is 2.60. The van der Waals surface area contributed by atoms with Gasteiger partial charge in [0.05, 0.1) is 12.1 Å². The second kappa shape index (κ2) is 5.18. The van der Waals surface area contributed by atoms with Crippen LogP contribution in [0.5, 0.6) is 5.75 Å². The quantitative estimate of drug-likeness (QED) is 0.921. The number of carboxylic acids is 1. The minimum atomic E-state index is -0.968. The normalized spacial score (nSPS) is 10.3. The summed E-state index contributed by atoms with van der Waals surface area (Å²) in [5.41, 5.74) is 1.24. The van der Waals surface area contributed by atoms with Crippen molar-refractivity contribution in [3.63, 3.8) is 0 Å². The smallest absolute Gasteiger partial charge is 0.355 e. The number of hydrogen-bond donors (Lipinski definition) is 1. The zero-order valence-electron chi connectivity index (χ0n) is 10.1. The lowest BCUT2D eigenvalue weighted by Gasteiger charge is -2.01. The number of hydrogen-bond acceptors (Lipinski definition) is 4. The maximum Gasteiger partial charge on any atom is 0.355 e. The van der Waals surface area contributed by atoms with Gasteiger partial charge < -0.3 is 9.84 Å². The summed E-state index contributed by atoms with van der Waals surface area (Å²) < 4.78 is 5.08. The number of carbonyl (C=O) groups is 1. The zero-order valence-corrected chi connectivity index (χ0v) is 11.0. The Morgan fingerprint density at radius 1 is 1.39 bits per heavy atom. The summed E-state index contributed by atoms with van der Waals surface area (Å²) in [4.78, 5) is 15.8. The first-order chi connectivity index (χ1) is 8.60. The van der Waals surface area contributed by atoms with E-state index in [2.05, 4.69) is 4.98 Å². The van der Waals surface area contributed by atoms with Crippen molar-refractivity contribution in [3.05, 3.63) is 45.4 Å². The highest BCUT2D eigenvalue weighted by Crippen LogP contribution is 2.21. The summed E-state index contributed by atoms with van der Waals surface area (Å²) in [6.07, 6.45) is 0.642. The monoisotopic (exact) mass is 263 g/mol. The molecule has 1 N–H and O–H groups in total. The lowest BCUT2D eigenvalue weighted by molar-refractivity contribution is 0.0690. The van der Waals surface area contributed by atoms with Crippen LogP contribution in [-0.4, -0.2) is 23.2 Å². The van der Waals surface area contributed by atoms with Crippen molar-refractivity contribution in [2.24, 2.45) is 0 Å². The van der Waals surface area contributed by atoms with E-state index in [0.717, 1.165) is 21.2 Å². The van der Waals surface area contributed by atoms with Gasteiger partial charge in [0.15, 0.2) is 5.69 Å². The van der Waals surface area contributed by atoms with Gasteiger partial charge in [-0.25, -0.2) is 9.78 Å². The Bertz CT molecular complexity index is 560. The summed E-state index contributed by atoms with van der Waals surface area (Å²) in [6.45, 7) is 1.78. The Morgan fingerprint density at radius 2 is 2.06 bits per heavy atom. The number of benzene rings is 1. The number of aryl methyl sites for hydroxylation is 1. The molecule has 0 aliphatic carbocycles. The summed E-state index contributed by atoms with van der Waals surface area (Å²) in [7, 11) is 1.62. The first-order valence-corrected chi connectivity index (χ1v) is 6.24. The van der Waals surface area contributed by atoms with Crippen molar-refractivity contribution in [2.75, 3.05) is 7.11 Å². The van der Waals surface area contributed by atoms with E-state index in [1.807, 2.05) is 24.3 Å². The van der Waals surface area contributed by atoms with Crippen LogP contribution < -0.4 is 4.74 Å². The van der Waals surface area contributed by atoms with Gasteiger partial charge in [-0.3, -0.25) is 0 Å². The van der Waals surface area contributed by atoms with Crippen molar-refractivity contribution >= 4 is 17.3 Å². The van der Waals surface area contributed by atoms with Crippen molar-refractivity contribution in [1.29, 1.82) is 0 Å². The van der Waals surface area contributed by atoms with Crippen molar-refractivity contribution in [3.8, 4) is 5.75 Å². The molecule has 94 valence electrons. The third-order valence-electron chi connectivity index (χ3n) is 2.56. The SMILES string of the molecule is COc1ccc(Cc2nc(C(=O)O)c(C)s2)cc1. The molecule has 0 spiro atoms. The molecular formula is C13H13NO3S. The first-order valence-electron chi connectivity index (χ1n) is 5.42. The van der Waals surface area contributed by atoms with Crippen LogP contribution in [0.4, 0.5) is 0 Å². The molecule has 0 amide bonds. The largest absolute Gasteiger partial charge is 0.497 e. The minimum Gasteiger partial charge on any atom is -0.497 e. The van der Waals surface area contributed by atoms with Crippen LogP contribution in [0.3, 0.4) is 0 Å². The number of carboxylic acid groups (broad SMARTS) is 1. The van der Waals surface area contributed by atoms with E-state index in [-0.39, 0.29) is 5.69 Å². The molecule has 0 bridgehead atoms. The number of ether oxygens (including phenoxy) is 1. The van der Waals surface area contributed by atoms with E-state index in [4.69, 9.17) is 9.84 Å². The van der Waals surface area contributed by atoms with Crippen LogP contribution in [0.15, 0.2) is 24.3 Å². The molecule has 5 heteroatoms. The molecule has 0 fully saturated rings. The second-order valence-electron chi connectivity index (χ2n) is 3.84. The molecule has 0 atom stereocenters. The summed E-state index contributed by atoms with van der Waals surface area (Å²) >= 11 is 1.42. The number of rotatable bonds is 4. The number of aromatic carboxylic acids is 1. The average molecular weight is 263 g/mol. The van der Waals surface area contributed by atoms with Gasteiger partial charge in [-0.1, -0.05) is 12.1 Å². The Kier molecular flexibility index (Phi) is 3.62. The van der Waals surface area contributed by atoms with E-state index < -0.39 is 5.97 Å². The molecule has 0 unspecified atom stereocenters. The highest BCUT2D eigenvalue weighted by Gasteiger charge is 2.14. The number of nitrogens with zero attached hydrogens (tertiary/aromatic N) is 1. The molecule has 4 nitrogen and oxygen atoms in total. The predicted octanol–water partition coefficient (Wildman–Crippen LogP) is 2.75. The molecule has 1 aromatic heterocycles. The Balaban J connectivity index is 2.18. The lowest BCUT2D eigenvalue weighted by atomic mass is 10.1. The third-order valence-corrected chi connectivity index (χ3v) is 3.53. The summed E-state index contributed by atoms with van der Waals surface area (Å²) in [6, 6.07) is 7.67. The molecule has 0 radical (unpaired) electrons. The summed E-state index contributed by atoms with van der Waals surface area (Å²) in [5, 5.41) is 9.76. The van der Waals surface area contributed by atoms with Crippen LogP contribution in [0, 0.1) is 6.92 Å². The molecule has 0 aliphatic heterocycles. The highest BCUT2D eigenvalue weighted by molar-refractivity contribution is 7.11. The standard InChI is InChI=1S/C13H13NO3S/c1-8-12(13(15)16)14-11(18-8)7-9-3-5-10(17-2)6-4-9/h3-6H,7H2,1-2H3,(H,15,16). The van der Waals surface area contributed by atoms with Gasteiger partial charge in [0.1, 0.15) is 5.75 Å².